The molecule has 0 aliphatic heterocycles. The molecular weight excluding hydrogens is 1320 g/mol. The van der Waals surface area contributed by atoms with E-state index in [0.717, 1.165) is 108 Å². The molecule has 101 heavy (non-hydrogen) atoms. The van der Waals surface area contributed by atoms with Crippen LogP contribution in [0.15, 0.2) is 0 Å². The molecule has 0 radical (unpaired) electrons. The summed E-state index contributed by atoms with van der Waals surface area (Å²) in [7, 11) is -9.92. The highest BCUT2D eigenvalue weighted by Crippen LogP contribution is 2.45. The molecule has 5 atom stereocenters. The van der Waals surface area contributed by atoms with Gasteiger partial charge in [0.1, 0.15) is 19.3 Å². The number of rotatable bonds is 80. The molecule has 0 saturated carbocycles. The standard InChI is InChI=1S/C82H160O17P2/c1-8-9-10-11-12-13-14-15-16-17-18-19-20-21-26-32-37-42-51-58-65-81(86)98-77(69-92-79(84)63-56-49-41-36-31-25-23-22-24-29-34-39-46-53-60-73(2)3)71-96-100(88,89)94-67-76(83)68-95-101(90,91)97-72-78(70-93-80(85)64-57-50-45-44-48-55-62-75(6)7)99-82(87)66-59-52-43-38-33-28-27-30-35-40-47-54-61-74(4)5/h73-78,83H,8-72H2,1-7H3,(H,88,89)(H,90,91)/t76-,77-,78-/m1/s1. The predicted octanol–water partition coefficient (Wildman–Crippen LogP) is 24.5. The average molecular weight is 1480 g/mol. The van der Waals surface area contributed by atoms with Crippen LogP contribution in [0, 0.1) is 17.8 Å². The van der Waals surface area contributed by atoms with Crippen LogP contribution < -0.4 is 0 Å². The highest BCUT2D eigenvalue weighted by molar-refractivity contribution is 7.47. The molecule has 0 aromatic carbocycles. The van der Waals surface area contributed by atoms with E-state index in [-0.39, 0.29) is 25.7 Å². The lowest BCUT2D eigenvalue weighted by atomic mass is 10.0. The number of carbonyl (C=O) groups excluding carboxylic acids is 4. The summed E-state index contributed by atoms with van der Waals surface area (Å²) < 4.78 is 68.7. The summed E-state index contributed by atoms with van der Waals surface area (Å²) >= 11 is 0. The van der Waals surface area contributed by atoms with Gasteiger partial charge < -0.3 is 33.8 Å². The fourth-order valence-corrected chi connectivity index (χ4v) is 14.2. The van der Waals surface area contributed by atoms with E-state index < -0.39 is 97.5 Å². The smallest absolute Gasteiger partial charge is 0.462 e. The van der Waals surface area contributed by atoms with Crippen LogP contribution in [0.25, 0.3) is 0 Å². The summed E-state index contributed by atoms with van der Waals surface area (Å²) in [5.74, 6) is 0.143. The monoisotopic (exact) mass is 1480 g/mol. The van der Waals surface area contributed by atoms with Gasteiger partial charge in [-0.25, -0.2) is 9.13 Å². The molecule has 19 heteroatoms. The minimum atomic E-state index is -4.96. The van der Waals surface area contributed by atoms with Gasteiger partial charge in [-0.15, -0.1) is 0 Å². The fraction of sp³-hybridized carbons (Fsp3) is 0.951. The Morgan fingerprint density at radius 3 is 0.673 bits per heavy atom. The zero-order chi connectivity index (χ0) is 74.4. The minimum Gasteiger partial charge on any atom is -0.462 e. The van der Waals surface area contributed by atoms with Crippen LogP contribution in [-0.4, -0.2) is 96.7 Å². The second kappa shape index (κ2) is 72.3. The second-order valence-corrected chi connectivity index (χ2v) is 33.8. The van der Waals surface area contributed by atoms with Crippen molar-refractivity contribution in [2.75, 3.05) is 39.6 Å². The second-order valence-electron chi connectivity index (χ2n) is 30.9. The van der Waals surface area contributed by atoms with E-state index in [1.807, 2.05) is 0 Å². The van der Waals surface area contributed by atoms with Crippen molar-refractivity contribution in [3.63, 3.8) is 0 Å². The first kappa shape index (κ1) is 99.1. The van der Waals surface area contributed by atoms with Gasteiger partial charge in [-0.05, 0) is 43.4 Å². The number of hydrogen-bond donors (Lipinski definition) is 3. The summed E-state index contributed by atoms with van der Waals surface area (Å²) in [5.41, 5.74) is 0. The Bertz CT molecular complexity index is 1960. The fourth-order valence-electron chi connectivity index (χ4n) is 12.7. The molecule has 0 rings (SSSR count). The van der Waals surface area contributed by atoms with Crippen molar-refractivity contribution in [2.24, 2.45) is 17.8 Å². The molecule has 3 N–H and O–H groups in total. The predicted molar refractivity (Wildman–Crippen MR) is 414 cm³/mol. The number of hydrogen-bond acceptors (Lipinski definition) is 15. The summed E-state index contributed by atoms with van der Waals surface area (Å²) in [5, 5.41) is 10.6. The van der Waals surface area contributed by atoms with Gasteiger partial charge in [0.15, 0.2) is 12.2 Å². The Balaban J connectivity index is 5.22. The van der Waals surface area contributed by atoms with E-state index in [9.17, 15) is 43.2 Å². The van der Waals surface area contributed by atoms with Crippen LogP contribution >= 0.6 is 15.6 Å². The molecule has 17 nitrogen and oxygen atoms in total. The molecule has 0 aromatic heterocycles. The quantitative estimate of drug-likeness (QED) is 0.0222. The zero-order valence-corrected chi connectivity index (χ0v) is 68.2. The highest BCUT2D eigenvalue weighted by atomic mass is 31.2. The average Bonchev–Trinajstić information content (AvgIpc) is 0.931. The summed E-state index contributed by atoms with van der Waals surface area (Å²) in [6, 6.07) is 0. The SMILES string of the molecule is CCCCCCCCCCCCCCCCCCCCCCC(=O)O[C@H](COC(=O)CCCCCCCCCCCCCCCCC(C)C)COP(=O)(O)OC[C@@H](O)COP(=O)(O)OC[C@@H](COC(=O)CCCCCCCCC(C)C)OC(=O)CCCCCCCCCCCCCCC(C)C. The van der Waals surface area contributed by atoms with Crippen LogP contribution in [-0.2, 0) is 65.4 Å². The highest BCUT2D eigenvalue weighted by Gasteiger charge is 2.30. The molecular formula is C82H160O17P2. The van der Waals surface area contributed by atoms with Crippen molar-refractivity contribution in [2.45, 2.75) is 446 Å². The largest absolute Gasteiger partial charge is 0.472 e. The molecule has 2 unspecified atom stereocenters. The van der Waals surface area contributed by atoms with Gasteiger partial charge in [-0.3, -0.25) is 37.3 Å². The maximum Gasteiger partial charge on any atom is 0.472 e. The van der Waals surface area contributed by atoms with Crippen LogP contribution in [0.4, 0.5) is 0 Å². The summed E-state index contributed by atoms with van der Waals surface area (Å²) in [6.45, 7) is 11.9. The van der Waals surface area contributed by atoms with E-state index in [2.05, 4.69) is 48.5 Å². The Morgan fingerprint density at radius 2 is 0.455 bits per heavy atom. The minimum absolute atomic E-state index is 0.106. The number of ether oxygens (including phenoxy) is 4. The molecule has 0 aliphatic carbocycles. The van der Waals surface area contributed by atoms with Gasteiger partial charge in [0, 0.05) is 25.7 Å². The number of carbonyl (C=O) groups is 4. The first-order valence-corrected chi connectivity index (χ1v) is 45.3. The van der Waals surface area contributed by atoms with Crippen LogP contribution in [0.2, 0.25) is 0 Å². The van der Waals surface area contributed by atoms with Gasteiger partial charge >= 0.3 is 39.5 Å². The molecule has 0 bridgehead atoms. The third-order valence-electron chi connectivity index (χ3n) is 19.1. The molecule has 0 aromatic rings. The molecule has 0 saturated heterocycles. The topological polar surface area (TPSA) is 237 Å². The van der Waals surface area contributed by atoms with E-state index in [0.29, 0.717) is 31.6 Å². The van der Waals surface area contributed by atoms with Crippen LogP contribution in [0.3, 0.4) is 0 Å². The molecule has 0 amide bonds. The lowest BCUT2D eigenvalue weighted by Gasteiger charge is -2.21. The van der Waals surface area contributed by atoms with Crippen molar-refractivity contribution in [3.05, 3.63) is 0 Å². The van der Waals surface area contributed by atoms with Crippen molar-refractivity contribution in [3.8, 4) is 0 Å². The van der Waals surface area contributed by atoms with Crippen molar-refractivity contribution in [1.29, 1.82) is 0 Å². The Hall–Kier alpha value is -1.94. The third-order valence-corrected chi connectivity index (χ3v) is 21.0. The molecule has 0 heterocycles. The summed E-state index contributed by atoms with van der Waals surface area (Å²) in [6.07, 6.45) is 61.3. The maximum atomic E-state index is 13.1. The first-order valence-electron chi connectivity index (χ1n) is 42.3. The Kier molecular flexibility index (Phi) is 70.9. The van der Waals surface area contributed by atoms with Gasteiger partial charge in [-0.1, -0.05) is 376 Å². The van der Waals surface area contributed by atoms with E-state index in [1.54, 1.807) is 0 Å². The van der Waals surface area contributed by atoms with Crippen LogP contribution in [0.1, 0.15) is 427 Å². The number of unbranched alkanes of at least 4 members (excludes halogenated alkanes) is 48. The van der Waals surface area contributed by atoms with E-state index in [4.69, 9.17) is 37.0 Å². The molecule has 600 valence electrons. The van der Waals surface area contributed by atoms with E-state index >= 15 is 0 Å². The van der Waals surface area contributed by atoms with E-state index in [1.165, 1.54) is 231 Å². The summed E-state index contributed by atoms with van der Waals surface area (Å²) in [4.78, 5) is 73.0. The first-order chi connectivity index (χ1) is 48.7. The Morgan fingerprint density at radius 1 is 0.267 bits per heavy atom. The van der Waals surface area contributed by atoms with Gasteiger partial charge in [0.25, 0.3) is 0 Å². The van der Waals surface area contributed by atoms with Gasteiger partial charge in [0.2, 0.25) is 0 Å². The zero-order valence-electron chi connectivity index (χ0n) is 66.4. The number of aliphatic hydroxyl groups is 1. The maximum absolute atomic E-state index is 13.1. The number of phosphoric ester groups is 2. The van der Waals surface area contributed by atoms with Gasteiger partial charge in [0.05, 0.1) is 26.4 Å². The Labute approximate surface area is 619 Å². The normalized spacial score (nSPS) is 14.0. The number of phosphoric acid groups is 2. The van der Waals surface area contributed by atoms with Crippen LogP contribution in [0.5, 0.6) is 0 Å². The van der Waals surface area contributed by atoms with Crippen molar-refractivity contribution < 1.29 is 80.2 Å². The molecule has 0 fully saturated rings. The lowest BCUT2D eigenvalue weighted by molar-refractivity contribution is -0.161. The lowest BCUT2D eigenvalue weighted by Crippen LogP contribution is -2.30. The van der Waals surface area contributed by atoms with Gasteiger partial charge in [-0.2, -0.15) is 0 Å². The van der Waals surface area contributed by atoms with Crippen molar-refractivity contribution >= 4 is 39.5 Å². The molecule has 0 aliphatic rings. The number of aliphatic hydroxyl groups excluding tert-OH is 1. The number of esters is 4. The third kappa shape index (κ3) is 76.1. The molecule has 0 spiro atoms. The van der Waals surface area contributed by atoms with Crippen molar-refractivity contribution in [1.82, 2.24) is 0 Å².